The molecule has 1 fully saturated rings. The van der Waals surface area contributed by atoms with Gasteiger partial charge in [0.15, 0.2) is 0 Å². The second kappa shape index (κ2) is 9.93. The van der Waals surface area contributed by atoms with Crippen molar-refractivity contribution < 1.29 is 24.5 Å². The summed E-state index contributed by atoms with van der Waals surface area (Å²) >= 11 is 0. The van der Waals surface area contributed by atoms with E-state index in [4.69, 9.17) is 24.5 Å². The monoisotopic (exact) mass is 337 g/mol. The lowest BCUT2D eigenvalue weighted by Crippen LogP contribution is -2.25. The van der Waals surface area contributed by atoms with Gasteiger partial charge in [0.2, 0.25) is 0 Å². The fourth-order valence-corrected chi connectivity index (χ4v) is 2.49. The van der Waals surface area contributed by atoms with Crippen LogP contribution in [0, 0.1) is 6.92 Å². The molecule has 1 aromatic carbocycles. The molecule has 0 radical (unpaired) electrons. The van der Waals surface area contributed by atoms with E-state index in [1.165, 1.54) is 37.1 Å². The van der Waals surface area contributed by atoms with Crippen molar-refractivity contribution in [3.8, 4) is 5.75 Å². The molecular weight excluding hydrogens is 310 g/mol. The minimum Gasteiger partial charge on any atom is -0.492 e. The Labute approximate surface area is 143 Å². The molecular formula is C18H27NO5. The molecule has 0 saturated carbocycles. The van der Waals surface area contributed by atoms with E-state index in [-0.39, 0.29) is 0 Å². The second-order valence-electron chi connectivity index (χ2n) is 6.24. The third kappa shape index (κ3) is 7.46. The number of rotatable bonds is 5. The van der Waals surface area contributed by atoms with Crippen molar-refractivity contribution >= 4 is 11.9 Å². The summed E-state index contributed by atoms with van der Waals surface area (Å²) < 4.78 is 5.90. The molecule has 1 saturated heterocycles. The normalized spacial score (nSPS) is 14.2. The Morgan fingerprint density at radius 3 is 2.21 bits per heavy atom. The number of likely N-dealkylation sites (tertiary alicyclic amines) is 1. The van der Waals surface area contributed by atoms with E-state index >= 15 is 0 Å². The van der Waals surface area contributed by atoms with Crippen LogP contribution < -0.4 is 4.74 Å². The first-order valence-electron chi connectivity index (χ1n) is 8.22. The molecule has 0 unspecified atom stereocenters. The van der Waals surface area contributed by atoms with Crippen molar-refractivity contribution in [2.75, 3.05) is 26.2 Å². The number of aryl methyl sites for hydroxylation is 1. The number of benzene rings is 1. The van der Waals surface area contributed by atoms with Crippen LogP contribution in [0.1, 0.15) is 43.7 Å². The largest absolute Gasteiger partial charge is 0.492 e. The average molecular weight is 337 g/mol. The maximum absolute atomic E-state index is 9.10. The molecule has 1 heterocycles. The van der Waals surface area contributed by atoms with Crippen LogP contribution in [0.4, 0.5) is 0 Å². The van der Waals surface area contributed by atoms with E-state index in [9.17, 15) is 0 Å². The molecule has 1 aliphatic heterocycles. The fourth-order valence-electron chi connectivity index (χ4n) is 2.49. The lowest BCUT2D eigenvalue weighted by Gasteiger charge is -2.16. The Hall–Kier alpha value is -2.08. The number of nitrogens with zero attached hydrogens (tertiary/aromatic N) is 1. The van der Waals surface area contributed by atoms with Gasteiger partial charge >= 0.3 is 11.9 Å². The highest BCUT2D eigenvalue weighted by molar-refractivity contribution is 6.27. The van der Waals surface area contributed by atoms with E-state index in [0.717, 1.165) is 18.9 Å². The highest BCUT2D eigenvalue weighted by atomic mass is 16.5. The Bertz CT molecular complexity index is 538. The molecule has 6 heteroatoms. The first-order chi connectivity index (χ1) is 11.3. The second-order valence-corrected chi connectivity index (χ2v) is 6.24. The van der Waals surface area contributed by atoms with Crippen molar-refractivity contribution in [1.29, 1.82) is 0 Å². The van der Waals surface area contributed by atoms with E-state index < -0.39 is 11.9 Å². The zero-order valence-corrected chi connectivity index (χ0v) is 14.6. The summed E-state index contributed by atoms with van der Waals surface area (Å²) in [5, 5.41) is 14.8. The molecule has 0 aromatic heterocycles. The quantitative estimate of drug-likeness (QED) is 0.804. The molecule has 2 N–H and O–H groups in total. The van der Waals surface area contributed by atoms with Gasteiger partial charge in [-0.3, -0.25) is 4.90 Å². The van der Waals surface area contributed by atoms with Crippen molar-refractivity contribution in [2.45, 2.75) is 39.5 Å². The minimum absolute atomic E-state index is 0.561. The molecule has 1 aliphatic rings. The summed E-state index contributed by atoms with van der Waals surface area (Å²) in [6.45, 7) is 10.9. The molecule has 6 nitrogen and oxygen atoms in total. The average Bonchev–Trinajstić information content (AvgIpc) is 3.00. The summed E-state index contributed by atoms with van der Waals surface area (Å²) in [4.78, 5) is 20.7. The number of hydrogen-bond donors (Lipinski definition) is 2. The standard InChI is InChI=1S/C16H25NO.C2H2O4/c1-13(2)15-10-14(3)11-16(12-15)18-9-8-17-6-4-5-7-17;3-1(4)2(5)6/h10-13H,4-9H2,1-3H3;(H,3,4)(H,5,6). The number of aliphatic carboxylic acids is 2. The van der Waals surface area contributed by atoms with Crippen LogP contribution in [-0.2, 0) is 9.59 Å². The van der Waals surface area contributed by atoms with E-state index in [0.29, 0.717) is 5.92 Å². The van der Waals surface area contributed by atoms with Gasteiger partial charge < -0.3 is 14.9 Å². The van der Waals surface area contributed by atoms with Crippen LogP contribution in [-0.4, -0.2) is 53.3 Å². The maximum Gasteiger partial charge on any atom is 0.414 e. The third-order valence-electron chi connectivity index (χ3n) is 3.80. The predicted molar refractivity (Wildman–Crippen MR) is 91.7 cm³/mol. The van der Waals surface area contributed by atoms with E-state index in [1.807, 2.05) is 0 Å². The molecule has 24 heavy (non-hydrogen) atoms. The van der Waals surface area contributed by atoms with Crippen LogP contribution >= 0.6 is 0 Å². The molecule has 0 amide bonds. The minimum atomic E-state index is -1.82. The zero-order chi connectivity index (χ0) is 18.1. The summed E-state index contributed by atoms with van der Waals surface area (Å²) in [6, 6.07) is 6.56. The van der Waals surface area contributed by atoms with Crippen molar-refractivity contribution in [3.63, 3.8) is 0 Å². The van der Waals surface area contributed by atoms with Crippen LogP contribution in [0.5, 0.6) is 5.75 Å². The molecule has 0 spiro atoms. The lowest BCUT2D eigenvalue weighted by atomic mass is 10.0. The van der Waals surface area contributed by atoms with Crippen LogP contribution in [0.15, 0.2) is 18.2 Å². The molecule has 0 aliphatic carbocycles. The van der Waals surface area contributed by atoms with Crippen molar-refractivity contribution in [3.05, 3.63) is 29.3 Å². The zero-order valence-electron chi connectivity index (χ0n) is 14.6. The SMILES string of the molecule is Cc1cc(OCCN2CCCC2)cc(C(C)C)c1.O=C(O)C(=O)O. The molecule has 0 atom stereocenters. The van der Waals surface area contributed by atoms with Gasteiger partial charge in [0.25, 0.3) is 0 Å². The van der Waals surface area contributed by atoms with Gasteiger partial charge in [-0.1, -0.05) is 19.9 Å². The topological polar surface area (TPSA) is 87.1 Å². The summed E-state index contributed by atoms with van der Waals surface area (Å²) in [5.41, 5.74) is 2.66. The van der Waals surface area contributed by atoms with Gasteiger partial charge in [-0.2, -0.15) is 0 Å². The fraction of sp³-hybridized carbons (Fsp3) is 0.556. The highest BCUT2D eigenvalue weighted by Crippen LogP contribution is 2.22. The molecule has 2 rings (SSSR count). The van der Waals surface area contributed by atoms with Gasteiger partial charge in [0, 0.05) is 6.54 Å². The van der Waals surface area contributed by atoms with Crippen molar-refractivity contribution in [2.24, 2.45) is 0 Å². The van der Waals surface area contributed by atoms with Crippen LogP contribution in [0.25, 0.3) is 0 Å². The number of hydrogen-bond acceptors (Lipinski definition) is 4. The Morgan fingerprint density at radius 1 is 1.12 bits per heavy atom. The Kier molecular flexibility index (Phi) is 8.26. The lowest BCUT2D eigenvalue weighted by molar-refractivity contribution is -0.159. The first kappa shape index (κ1) is 20.0. The number of ether oxygens (including phenoxy) is 1. The number of carbonyl (C=O) groups is 2. The molecule has 0 bridgehead atoms. The predicted octanol–water partition coefficient (Wildman–Crippen LogP) is 2.75. The highest BCUT2D eigenvalue weighted by Gasteiger charge is 2.11. The van der Waals surface area contributed by atoms with Gasteiger partial charge in [0.05, 0.1) is 0 Å². The third-order valence-corrected chi connectivity index (χ3v) is 3.80. The van der Waals surface area contributed by atoms with Crippen LogP contribution in [0.3, 0.4) is 0 Å². The summed E-state index contributed by atoms with van der Waals surface area (Å²) in [5.74, 6) is -2.06. The van der Waals surface area contributed by atoms with Gasteiger partial charge in [-0.25, -0.2) is 9.59 Å². The number of carboxylic acids is 2. The van der Waals surface area contributed by atoms with Crippen molar-refractivity contribution in [1.82, 2.24) is 4.90 Å². The first-order valence-corrected chi connectivity index (χ1v) is 8.22. The summed E-state index contributed by atoms with van der Waals surface area (Å²) in [7, 11) is 0. The Balaban J connectivity index is 0.000000413. The molecule has 1 aromatic rings. The van der Waals surface area contributed by atoms with E-state index in [2.05, 4.69) is 43.9 Å². The van der Waals surface area contributed by atoms with Gasteiger partial charge in [0.1, 0.15) is 12.4 Å². The smallest absolute Gasteiger partial charge is 0.414 e. The molecule has 134 valence electrons. The Morgan fingerprint density at radius 2 is 1.71 bits per heavy atom. The number of carboxylic acid groups (broad SMARTS) is 2. The maximum atomic E-state index is 9.10. The van der Waals surface area contributed by atoms with Crippen LogP contribution in [0.2, 0.25) is 0 Å². The van der Waals surface area contributed by atoms with Gasteiger partial charge in [-0.15, -0.1) is 0 Å². The summed E-state index contributed by atoms with van der Waals surface area (Å²) in [6.07, 6.45) is 2.70. The van der Waals surface area contributed by atoms with E-state index in [1.54, 1.807) is 0 Å². The van der Waals surface area contributed by atoms with Gasteiger partial charge in [-0.05, 0) is 62.0 Å².